The average Bonchev–Trinajstić information content (AvgIpc) is 3.31. The van der Waals surface area contributed by atoms with E-state index in [4.69, 9.17) is 15.0 Å². The first-order chi connectivity index (χ1) is 16.6. The van der Waals surface area contributed by atoms with E-state index in [1.165, 1.54) is 11.3 Å². The van der Waals surface area contributed by atoms with E-state index in [0.29, 0.717) is 36.3 Å². The number of carbonyl (C=O) groups excluding carboxylic acids is 1. The smallest absolute Gasteiger partial charge is 0.273 e. The zero-order valence-corrected chi connectivity index (χ0v) is 20.8. The summed E-state index contributed by atoms with van der Waals surface area (Å²) >= 11 is 1.40. The van der Waals surface area contributed by atoms with Crippen molar-refractivity contribution in [2.75, 3.05) is 44.6 Å². The SMILES string of the molecule is CCCOC1CCN(C(=O)c2csc(Nc3cc(C)nc(C4CCCN(CC#N)C4)n3)n2)CC1. The van der Waals surface area contributed by atoms with Gasteiger partial charge in [-0.2, -0.15) is 5.26 Å². The summed E-state index contributed by atoms with van der Waals surface area (Å²) in [6.07, 6.45) is 5.06. The highest BCUT2D eigenvalue weighted by atomic mass is 32.1. The molecule has 2 saturated heterocycles. The largest absolute Gasteiger partial charge is 0.378 e. The molecule has 1 amide bonds. The molecule has 1 atom stereocenters. The topological polar surface area (TPSA) is 107 Å². The molecule has 1 N–H and O–H groups in total. The molecule has 0 aliphatic carbocycles. The molecular formula is C24H33N7O2S. The summed E-state index contributed by atoms with van der Waals surface area (Å²) in [6, 6.07) is 4.13. The minimum atomic E-state index is -0.0300. The van der Waals surface area contributed by atoms with Crippen LogP contribution in [0, 0.1) is 18.3 Å². The van der Waals surface area contributed by atoms with E-state index in [1.807, 2.05) is 17.9 Å². The molecular weight excluding hydrogens is 450 g/mol. The molecule has 182 valence electrons. The van der Waals surface area contributed by atoms with Crippen molar-refractivity contribution in [1.29, 1.82) is 5.26 Å². The maximum atomic E-state index is 12.9. The van der Waals surface area contributed by atoms with Gasteiger partial charge < -0.3 is 15.0 Å². The molecule has 0 aromatic carbocycles. The molecule has 9 nitrogen and oxygen atoms in total. The Hall–Kier alpha value is -2.61. The highest BCUT2D eigenvalue weighted by molar-refractivity contribution is 7.14. The molecule has 0 spiro atoms. The Bertz CT molecular complexity index is 1010. The summed E-state index contributed by atoms with van der Waals surface area (Å²) in [5.74, 6) is 1.66. The summed E-state index contributed by atoms with van der Waals surface area (Å²) in [7, 11) is 0. The van der Waals surface area contributed by atoms with E-state index in [9.17, 15) is 4.79 Å². The van der Waals surface area contributed by atoms with E-state index < -0.39 is 0 Å². The second kappa shape index (κ2) is 11.7. The number of aryl methyl sites for hydroxylation is 1. The van der Waals surface area contributed by atoms with Crippen LogP contribution >= 0.6 is 11.3 Å². The van der Waals surface area contributed by atoms with Crippen molar-refractivity contribution in [2.24, 2.45) is 0 Å². The monoisotopic (exact) mass is 483 g/mol. The standard InChI is InChI=1S/C24H33N7O2S/c1-3-13-33-19-6-10-31(11-7-19)23(32)20-16-34-24(27-20)29-21-14-17(2)26-22(28-21)18-5-4-9-30(15-18)12-8-25/h14,16,18-19H,3-7,9-13,15H2,1-2H3,(H,26,27,28,29). The first kappa shape index (κ1) is 24.5. The zero-order valence-electron chi connectivity index (χ0n) is 20.0. The summed E-state index contributed by atoms with van der Waals surface area (Å²) in [5, 5.41) is 14.7. The number of ether oxygens (including phenoxy) is 1. The van der Waals surface area contributed by atoms with Crippen molar-refractivity contribution in [3.05, 3.63) is 28.7 Å². The van der Waals surface area contributed by atoms with E-state index in [1.54, 1.807) is 5.38 Å². The number of nitrogens with one attached hydrogen (secondary N) is 1. The molecule has 0 radical (unpaired) electrons. The quantitative estimate of drug-likeness (QED) is 0.566. The third kappa shape index (κ3) is 6.29. The molecule has 10 heteroatoms. The van der Waals surface area contributed by atoms with Gasteiger partial charge in [0.2, 0.25) is 0 Å². The Labute approximate surface area is 205 Å². The van der Waals surface area contributed by atoms with Crippen LogP contribution in [0.3, 0.4) is 0 Å². The minimum absolute atomic E-state index is 0.0300. The Morgan fingerprint density at radius 3 is 2.85 bits per heavy atom. The molecule has 0 saturated carbocycles. The van der Waals surface area contributed by atoms with Gasteiger partial charge in [0, 0.05) is 49.3 Å². The van der Waals surface area contributed by atoms with Gasteiger partial charge in [0.25, 0.3) is 5.91 Å². The number of aromatic nitrogens is 3. The van der Waals surface area contributed by atoms with Crippen LogP contribution in [0.4, 0.5) is 10.9 Å². The fourth-order valence-corrected chi connectivity index (χ4v) is 5.25. The molecule has 4 rings (SSSR count). The van der Waals surface area contributed by atoms with Crippen molar-refractivity contribution in [1.82, 2.24) is 24.8 Å². The number of anilines is 2. The number of likely N-dealkylation sites (tertiary alicyclic amines) is 2. The molecule has 2 fully saturated rings. The van der Waals surface area contributed by atoms with Gasteiger partial charge in [-0.05, 0) is 45.6 Å². The maximum absolute atomic E-state index is 12.9. The maximum Gasteiger partial charge on any atom is 0.273 e. The number of carbonyl (C=O) groups is 1. The number of nitrogens with zero attached hydrogens (tertiary/aromatic N) is 6. The van der Waals surface area contributed by atoms with Crippen LogP contribution in [0.5, 0.6) is 0 Å². The van der Waals surface area contributed by atoms with Gasteiger partial charge in [-0.25, -0.2) is 15.0 Å². The fourth-order valence-electron chi connectivity index (χ4n) is 4.56. The van der Waals surface area contributed by atoms with Gasteiger partial charge in [0.15, 0.2) is 5.13 Å². The van der Waals surface area contributed by atoms with Gasteiger partial charge in [-0.1, -0.05) is 6.92 Å². The number of amides is 1. The van der Waals surface area contributed by atoms with Crippen LogP contribution in [0.15, 0.2) is 11.4 Å². The average molecular weight is 484 g/mol. The van der Waals surface area contributed by atoms with E-state index in [2.05, 4.69) is 33.2 Å². The lowest BCUT2D eigenvalue weighted by Gasteiger charge is -2.31. The van der Waals surface area contributed by atoms with Crippen molar-refractivity contribution in [3.8, 4) is 6.07 Å². The lowest BCUT2D eigenvalue weighted by molar-refractivity contribution is 0.00887. The minimum Gasteiger partial charge on any atom is -0.378 e. The number of thiazole rings is 1. The summed E-state index contributed by atoms with van der Waals surface area (Å²) in [6.45, 7) is 8.42. The van der Waals surface area contributed by atoms with Crippen molar-refractivity contribution in [2.45, 2.75) is 58.0 Å². The van der Waals surface area contributed by atoms with Gasteiger partial charge >= 0.3 is 0 Å². The summed E-state index contributed by atoms with van der Waals surface area (Å²) in [4.78, 5) is 30.9. The molecule has 2 aliphatic heterocycles. The van der Waals surface area contributed by atoms with Crippen LogP contribution in [-0.4, -0.2) is 76.1 Å². The molecule has 2 aliphatic rings. The molecule has 0 bridgehead atoms. The number of nitriles is 1. The van der Waals surface area contributed by atoms with Crippen molar-refractivity contribution in [3.63, 3.8) is 0 Å². The predicted molar refractivity (Wildman–Crippen MR) is 131 cm³/mol. The summed E-state index contributed by atoms with van der Waals surface area (Å²) in [5.41, 5.74) is 1.34. The Kier molecular flexibility index (Phi) is 8.43. The Morgan fingerprint density at radius 1 is 1.26 bits per heavy atom. The fraction of sp³-hybridized carbons (Fsp3) is 0.625. The zero-order chi connectivity index (χ0) is 23.9. The van der Waals surface area contributed by atoms with Crippen LogP contribution in [-0.2, 0) is 4.74 Å². The highest BCUT2D eigenvalue weighted by Gasteiger charge is 2.26. The van der Waals surface area contributed by atoms with Gasteiger partial charge in [0.1, 0.15) is 17.3 Å². The first-order valence-corrected chi connectivity index (χ1v) is 13.0. The third-order valence-corrected chi connectivity index (χ3v) is 7.04. The molecule has 4 heterocycles. The first-order valence-electron chi connectivity index (χ1n) is 12.1. The van der Waals surface area contributed by atoms with Crippen molar-refractivity contribution >= 4 is 28.2 Å². The van der Waals surface area contributed by atoms with Crippen LogP contribution in [0.1, 0.15) is 67.0 Å². The van der Waals surface area contributed by atoms with Gasteiger partial charge in [-0.3, -0.25) is 9.69 Å². The highest BCUT2D eigenvalue weighted by Crippen LogP contribution is 2.27. The van der Waals surface area contributed by atoms with Crippen LogP contribution in [0.25, 0.3) is 0 Å². The summed E-state index contributed by atoms with van der Waals surface area (Å²) < 4.78 is 5.83. The molecule has 2 aromatic rings. The lowest BCUT2D eigenvalue weighted by Crippen LogP contribution is -2.41. The van der Waals surface area contributed by atoms with Crippen molar-refractivity contribution < 1.29 is 9.53 Å². The van der Waals surface area contributed by atoms with E-state index >= 15 is 0 Å². The third-order valence-electron chi connectivity index (χ3n) is 6.28. The number of hydrogen-bond acceptors (Lipinski definition) is 9. The Morgan fingerprint density at radius 2 is 2.09 bits per heavy atom. The van der Waals surface area contributed by atoms with Gasteiger partial charge in [-0.15, -0.1) is 11.3 Å². The number of hydrogen-bond donors (Lipinski definition) is 1. The molecule has 1 unspecified atom stereocenters. The number of rotatable bonds is 8. The molecule has 34 heavy (non-hydrogen) atoms. The van der Waals surface area contributed by atoms with E-state index in [-0.39, 0.29) is 17.9 Å². The second-order valence-corrected chi connectivity index (χ2v) is 9.87. The molecule has 2 aromatic heterocycles. The van der Waals surface area contributed by atoms with Gasteiger partial charge in [0.05, 0.1) is 18.7 Å². The van der Waals surface area contributed by atoms with E-state index in [0.717, 1.165) is 63.3 Å². The normalized spacial score (nSPS) is 19.7. The second-order valence-electron chi connectivity index (χ2n) is 9.01. The van der Waals surface area contributed by atoms with Crippen LogP contribution < -0.4 is 5.32 Å². The lowest BCUT2D eigenvalue weighted by atomic mass is 9.97. The van der Waals surface area contributed by atoms with Crippen LogP contribution in [0.2, 0.25) is 0 Å². The predicted octanol–water partition coefficient (Wildman–Crippen LogP) is 3.72. The Balaban J connectivity index is 1.37. The number of piperidine rings is 2.